The Bertz CT molecular complexity index is 1220. The lowest BCUT2D eigenvalue weighted by atomic mass is 10.1. The normalized spacial score (nSPS) is 10.6. The maximum absolute atomic E-state index is 12.8. The molecule has 0 aromatic heterocycles. The van der Waals surface area contributed by atoms with E-state index in [0.29, 0.717) is 23.6 Å². The van der Waals surface area contributed by atoms with E-state index in [1.807, 2.05) is 61.5 Å². The summed E-state index contributed by atoms with van der Waals surface area (Å²) in [7, 11) is 1.61. The molecule has 0 atom stereocenters. The molecule has 0 spiro atoms. The first-order valence-corrected chi connectivity index (χ1v) is 10.5. The summed E-state index contributed by atoms with van der Waals surface area (Å²) in [4.78, 5) is 12.8. The third-order valence-electron chi connectivity index (χ3n) is 5.08. The van der Waals surface area contributed by atoms with E-state index in [2.05, 4.69) is 17.4 Å². The van der Waals surface area contributed by atoms with Crippen LogP contribution in [0, 0.1) is 0 Å². The van der Waals surface area contributed by atoms with Crippen LogP contribution in [0.25, 0.3) is 10.8 Å². The van der Waals surface area contributed by atoms with Crippen LogP contribution in [0.4, 0.5) is 5.69 Å². The number of fused-ring (bicyclic) bond motifs is 1. The van der Waals surface area contributed by atoms with E-state index >= 15 is 0 Å². The minimum Gasteiger partial charge on any atom is -0.496 e. The summed E-state index contributed by atoms with van der Waals surface area (Å²) in [6, 6.07) is 26.7. The first kappa shape index (κ1) is 21.2. The van der Waals surface area contributed by atoms with Gasteiger partial charge in [-0.1, -0.05) is 30.3 Å². The van der Waals surface area contributed by atoms with Gasteiger partial charge >= 0.3 is 0 Å². The van der Waals surface area contributed by atoms with E-state index in [0.717, 1.165) is 27.8 Å². The third kappa shape index (κ3) is 5.01. The zero-order chi connectivity index (χ0) is 22.3. The molecule has 5 heteroatoms. The average Bonchev–Trinajstić information content (AvgIpc) is 2.83. The number of carbonyl (C=O) groups is 1. The van der Waals surface area contributed by atoms with Gasteiger partial charge < -0.3 is 19.5 Å². The van der Waals surface area contributed by atoms with Crippen molar-refractivity contribution in [2.75, 3.05) is 19.0 Å². The van der Waals surface area contributed by atoms with Crippen molar-refractivity contribution in [1.29, 1.82) is 0 Å². The minimum absolute atomic E-state index is 0.205. The van der Waals surface area contributed by atoms with Gasteiger partial charge in [0, 0.05) is 16.8 Å². The van der Waals surface area contributed by atoms with E-state index in [9.17, 15) is 4.79 Å². The van der Waals surface area contributed by atoms with Crippen LogP contribution < -0.4 is 19.5 Å². The van der Waals surface area contributed by atoms with Crippen LogP contribution in [-0.2, 0) is 6.61 Å². The molecule has 0 unspecified atom stereocenters. The van der Waals surface area contributed by atoms with Crippen LogP contribution in [0.1, 0.15) is 22.8 Å². The Labute approximate surface area is 187 Å². The van der Waals surface area contributed by atoms with Crippen molar-refractivity contribution in [3.05, 3.63) is 96.1 Å². The predicted molar refractivity (Wildman–Crippen MR) is 127 cm³/mol. The maximum atomic E-state index is 12.8. The fourth-order valence-corrected chi connectivity index (χ4v) is 3.46. The molecule has 0 aliphatic heterocycles. The Hall–Kier alpha value is -3.99. The highest BCUT2D eigenvalue weighted by Crippen LogP contribution is 2.25. The van der Waals surface area contributed by atoms with Crippen molar-refractivity contribution < 1.29 is 19.0 Å². The summed E-state index contributed by atoms with van der Waals surface area (Å²) < 4.78 is 16.9. The highest BCUT2D eigenvalue weighted by Gasteiger charge is 2.12. The number of rotatable bonds is 8. The second-order valence-electron chi connectivity index (χ2n) is 7.24. The molecule has 0 bridgehead atoms. The molecule has 0 heterocycles. The molecule has 0 saturated carbocycles. The van der Waals surface area contributed by atoms with Crippen LogP contribution >= 0.6 is 0 Å². The van der Waals surface area contributed by atoms with E-state index in [4.69, 9.17) is 14.2 Å². The van der Waals surface area contributed by atoms with Crippen molar-refractivity contribution >= 4 is 22.4 Å². The number of benzene rings is 4. The van der Waals surface area contributed by atoms with Gasteiger partial charge in [0.25, 0.3) is 5.91 Å². The first-order valence-electron chi connectivity index (χ1n) is 10.5. The zero-order valence-electron chi connectivity index (χ0n) is 18.1. The molecule has 162 valence electrons. The molecule has 0 fully saturated rings. The Morgan fingerprint density at radius 2 is 1.56 bits per heavy atom. The van der Waals surface area contributed by atoms with Gasteiger partial charge in [-0.05, 0) is 72.3 Å². The van der Waals surface area contributed by atoms with Crippen molar-refractivity contribution in [2.45, 2.75) is 13.5 Å². The Kier molecular flexibility index (Phi) is 6.56. The van der Waals surface area contributed by atoms with Crippen LogP contribution in [0.3, 0.4) is 0 Å². The lowest BCUT2D eigenvalue weighted by Crippen LogP contribution is -2.13. The van der Waals surface area contributed by atoms with Crippen molar-refractivity contribution in [1.82, 2.24) is 0 Å². The fourth-order valence-electron chi connectivity index (χ4n) is 3.46. The summed E-state index contributed by atoms with van der Waals surface area (Å²) >= 11 is 0. The van der Waals surface area contributed by atoms with Gasteiger partial charge in [0.1, 0.15) is 23.9 Å². The van der Waals surface area contributed by atoms with Gasteiger partial charge in [-0.2, -0.15) is 0 Å². The van der Waals surface area contributed by atoms with Crippen molar-refractivity contribution in [3.8, 4) is 17.2 Å². The molecular weight excluding hydrogens is 402 g/mol. The molecule has 32 heavy (non-hydrogen) atoms. The summed E-state index contributed by atoms with van der Waals surface area (Å²) in [6.07, 6.45) is 0. The molecule has 5 nitrogen and oxygen atoms in total. The molecular formula is C27H25NO4. The van der Waals surface area contributed by atoms with Crippen molar-refractivity contribution in [3.63, 3.8) is 0 Å². The summed E-state index contributed by atoms with van der Waals surface area (Å²) in [5.74, 6) is 1.99. The van der Waals surface area contributed by atoms with Crippen LogP contribution in [0.15, 0.2) is 84.9 Å². The summed E-state index contributed by atoms with van der Waals surface area (Å²) in [6.45, 7) is 2.81. The smallest absolute Gasteiger partial charge is 0.255 e. The monoisotopic (exact) mass is 427 g/mol. The van der Waals surface area contributed by atoms with Gasteiger partial charge in [0.2, 0.25) is 0 Å². The lowest BCUT2D eigenvalue weighted by molar-refractivity contribution is 0.102. The minimum atomic E-state index is -0.205. The van der Waals surface area contributed by atoms with E-state index in [-0.39, 0.29) is 12.5 Å². The second kappa shape index (κ2) is 9.88. The van der Waals surface area contributed by atoms with E-state index in [1.54, 1.807) is 25.3 Å². The highest BCUT2D eigenvalue weighted by molar-refractivity contribution is 6.04. The first-order chi connectivity index (χ1) is 15.7. The van der Waals surface area contributed by atoms with Gasteiger partial charge in [0.05, 0.1) is 13.7 Å². The number of hydrogen-bond acceptors (Lipinski definition) is 4. The van der Waals surface area contributed by atoms with Crippen LogP contribution in [-0.4, -0.2) is 19.6 Å². The second-order valence-corrected chi connectivity index (χ2v) is 7.24. The van der Waals surface area contributed by atoms with Crippen LogP contribution in [0.5, 0.6) is 17.2 Å². The Balaban J connectivity index is 1.48. The predicted octanol–water partition coefficient (Wildman–Crippen LogP) is 6.08. The number of carbonyl (C=O) groups excluding carboxylic acids is 1. The number of hydrogen-bond donors (Lipinski definition) is 1. The molecule has 4 rings (SSSR count). The van der Waals surface area contributed by atoms with Gasteiger partial charge in [-0.25, -0.2) is 0 Å². The highest BCUT2D eigenvalue weighted by atomic mass is 16.5. The number of nitrogens with one attached hydrogen (secondary N) is 1. The van der Waals surface area contributed by atoms with Gasteiger partial charge in [0.15, 0.2) is 0 Å². The summed E-state index contributed by atoms with van der Waals surface area (Å²) in [5.41, 5.74) is 2.01. The molecule has 0 radical (unpaired) electrons. The molecule has 1 amide bonds. The standard InChI is InChI=1S/C27H25NO4/c1-3-31-24-13-10-23(11-14-24)28-27(29)21-9-15-26(30-2)22(16-21)18-32-25-12-8-19-6-4-5-7-20(19)17-25/h4-17H,3,18H2,1-2H3,(H,28,29). The summed E-state index contributed by atoms with van der Waals surface area (Å²) in [5, 5.41) is 5.18. The van der Waals surface area contributed by atoms with Gasteiger partial charge in [-0.15, -0.1) is 0 Å². The zero-order valence-corrected chi connectivity index (χ0v) is 18.1. The third-order valence-corrected chi connectivity index (χ3v) is 5.08. The number of anilines is 1. The molecule has 0 saturated heterocycles. The van der Waals surface area contributed by atoms with Gasteiger partial charge in [-0.3, -0.25) is 4.79 Å². The topological polar surface area (TPSA) is 56.8 Å². The Morgan fingerprint density at radius 3 is 2.31 bits per heavy atom. The molecule has 0 aliphatic rings. The number of methoxy groups -OCH3 is 1. The van der Waals surface area contributed by atoms with E-state index in [1.165, 1.54) is 0 Å². The lowest BCUT2D eigenvalue weighted by Gasteiger charge is -2.13. The molecule has 1 N–H and O–H groups in total. The largest absolute Gasteiger partial charge is 0.496 e. The number of amides is 1. The SMILES string of the molecule is CCOc1ccc(NC(=O)c2ccc(OC)c(COc3ccc4ccccc4c3)c2)cc1. The fraction of sp³-hybridized carbons (Fsp3) is 0.148. The van der Waals surface area contributed by atoms with Crippen molar-refractivity contribution in [2.24, 2.45) is 0 Å². The quantitative estimate of drug-likeness (QED) is 0.370. The molecule has 0 aliphatic carbocycles. The maximum Gasteiger partial charge on any atom is 0.255 e. The molecule has 4 aromatic rings. The molecule has 4 aromatic carbocycles. The average molecular weight is 428 g/mol. The number of ether oxygens (including phenoxy) is 3. The Morgan fingerprint density at radius 1 is 0.812 bits per heavy atom. The van der Waals surface area contributed by atoms with Crippen LogP contribution in [0.2, 0.25) is 0 Å². The van der Waals surface area contributed by atoms with E-state index < -0.39 is 0 Å².